The van der Waals surface area contributed by atoms with Gasteiger partial charge in [-0.15, -0.1) is 0 Å². The lowest BCUT2D eigenvalue weighted by molar-refractivity contribution is 0.974. The molecule has 2 rings (SSSR count). The predicted octanol–water partition coefficient (Wildman–Crippen LogP) is 3.09. The molecule has 2 aromatic rings. The summed E-state index contributed by atoms with van der Waals surface area (Å²) in [5.41, 5.74) is 3.69. The van der Waals surface area contributed by atoms with Gasteiger partial charge in [-0.3, -0.25) is 9.78 Å². The van der Waals surface area contributed by atoms with Crippen LogP contribution in [-0.4, -0.2) is 16.2 Å². The maximum Gasteiger partial charge on any atom is 0.252 e. The van der Waals surface area contributed by atoms with Crippen LogP contribution in [0.25, 0.3) is 0 Å². The monoisotopic (exact) mass is 310 g/mol. The molecule has 7 heteroatoms. The number of halogens is 2. The maximum atomic E-state index is 11.4. The van der Waals surface area contributed by atoms with E-state index in [1.807, 2.05) is 6.92 Å². The van der Waals surface area contributed by atoms with Gasteiger partial charge in [0.15, 0.2) is 0 Å². The van der Waals surface area contributed by atoms with Gasteiger partial charge in [-0.2, -0.15) is 5.10 Å². The molecule has 0 radical (unpaired) electrons. The Kier molecular flexibility index (Phi) is 4.76. The summed E-state index contributed by atoms with van der Waals surface area (Å²) in [7, 11) is 0. The summed E-state index contributed by atoms with van der Waals surface area (Å²) in [5, 5.41) is 4.96. The Balaban J connectivity index is 2.18. The molecule has 104 valence electrons. The largest absolute Gasteiger partial charge is 0.291 e. The number of hydrogen-bond acceptors (Lipinski definition) is 4. The van der Waals surface area contributed by atoms with Crippen LogP contribution >= 0.6 is 23.2 Å². The van der Waals surface area contributed by atoms with Gasteiger partial charge in [0.25, 0.3) is 5.56 Å². The number of aromatic nitrogens is 2. The zero-order valence-corrected chi connectivity index (χ0v) is 12.2. The third-order valence-electron chi connectivity index (χ3n) is 2.52. The third kappa shape index (κ3) is 3.59. The fraction of sp³-hybridized carbons (Fsp3) is 0.154. The van der Waals surface area contributed by atoms with Crippen LogP contribution in [0.2, 0.25) is 10.0 Å². The quantitative estimate of drug-likeness (QED) is 0.673. The Morgan fingerprint density at radius 2 is 2.10 bits per heavy atom. The molecule has 0 bridgehead atoms. The summed E-state index contributed by atoms with van der Waals surface area (Å²) < 4.78 is 0. The second kappa shape index (κ2) is 6.54. The van der Waals surface area contributed by atoms with Crippen molar-refractivity contribution in [1.82, 2.24) is 9.97 Å². The van der Waals surface area contributed by atoms with E-state index in [1.165, 1.54) is 12.3 Å². The van der Waals surface area contributed by atoms with Crippen LogP contribution in [0.1, 0.15) is 18.2 Å². The van der Waals surface area contributed by atoms with Gasteiger partial charge >= 0.3 is 0 Å². The first-order valence-electron chi connectivity index (χ1n) is 5.93. The van der Waals surface area contributed by atoms with E-state index in [0.717, 1.165) is 0 Å². The number of hydrogen-bond donors (Lipinski definition) is 2. The minimum atomic E-state index is -0.231. The molecule has 0 aliphatic rings. The Bertz CT molecular complexity index is 677. The highest BCUT2D eigenvalue weighted by Crippen LogP contribution is 2.22. The second-order valence-electron chi connectivity index (χ2n) is 3.94. The lowest BCUT2D eigenvalue weighted by Crippen LogP contribution is -2.11. The van der Waals surface area contributed by atoms with E-state index in [4.69, 9.17) is 23.2 Å². The average molecular weight is 311 g/mol. The van der Waals surface area contributed by atoms with Crippen LogP contribution in [0.3, 0.4) is 0 Å². The smallest absolute Gasteiger partial charge is 0.252 e. The van der Waals surface area contributed by atoms with Crippen molar-refractivity contribution < 1.29 is 0 Å². The molecule has 0 amide bonds. The number of H-pyrrole nitrogens is 1. The van der Waals surface area contributed by atoms with Crippen molar-refractivity contribution in [3.05, 3.63) is 55.9 Å². The third-order valence-corrected chi connectivity index (χ3v) is 3.18. The van der Waals surface area contributed by atoms with E-state index in [-0.39, 0.29) is 11.5 Å². The summed E-state index contributed by atoms with van der Waals surface area (Å²) in [4.78, 5) is 18.1. The maximum absolute atomic E-state index is 11.4. The summed E-state index contributed by atoms with van der Waals surface area (Å²) in [6, 6.07) is 6.62. The molecule has 0 fully saturated rings. The van der Waals surface area contributed by atoms with Crippen molar-refractivity contribution in [2.75, 3.05) is 5.43 Å². The fourth-order valence-electron chi connectivity index (χ4n) is 1.53. The van der Waals surface area contributed by atoms with Crippen LogP contribution < -0.4 is 11.0 Å². The summed E-state index contributed by atoms with van der Waals surface area (Å²) >= 11 is 12.0. The molecule has 0 unspecified atom stereocenters. The number of aryl methyl sites for hydroxylation is 1. The molecule has 20 heavy (non-hydrogen) atoms. The minimum absolute atomic E-state index is 0.231. The first-order valence-corrected chi connectivity index (χ1v) is 6.69. The van der Waals surface area contributed by atoms with Gasteiger partial charge in [-0.05, 0) is 18.6 Å². The Labute approximate surface area is 125 Å². The molecule has 1 heterocycles. The molecule has 2 N–H and O–H groups in total. The van der Waals surface area contributed by atoms with E-state index >= 15 is 0 Å². The van der Waals surface area contributed by atoms with E-state index in [0.29, 0.717) is 27.7 Å². The van der Waals surface area contributed by atoms with Gasteiger partial charge < -0.3 is 0 Å². The van der Waals surface area contributed by atoms with E-state index in [1.54, 1.807) is 18.2 Å². The number of nitrogens with zero attached hydrogens (tertiary/aromatic N) is 2. The van der Waals surface area contributed by atoms with Crippen LogP contribution in [0.4, 0.5) is 5.95 Å². The Morgan fingerprint density at radius 1 is 1.40 bits per heavy atom. The number of aromatic amines is 1. The number of anilines is 1. The van der Waals surface area contributed by atoms with Gasteiger partial charge in [0, 0.05) is 17.3 Å². The van der Waals surface area contributed by atoms with E-state index in [2.05, 4.69) is 20.5 Å². The van der Waals surface area contributed by atoms with Crippen LogP contribution in [0, 0.1) is 0 Å². The lowest BCUT2D eigenvalue weighted by Gasteiger charge is -2.02. The van der Waals surface area contributed by atoms with Crippen LogP contribution in [-0.2, 0) is 6.42 Å². The van der Waals surface area contributed by atoms with Crippen molar-refractivity contribution in [3.63, 3.8) is 0 Å². The number of rotatable bonds is 4. The van der Waals surface area contributed by atoms with Gasteiger partial charge in [-0.25, -0.2) is 10.4 Å². The molecule has 0 spiro atoms. The predicted molar refractivity (Wildman–Crippen MR) is 81.9 cm³/mol. The van der Waals surface area contributed by atoms with E-state index < -0.39 is 0 Å². The highest BCUT2D eigenvalue weighted by molar-refractivity contribution is 6.38. The average Bonchev–Trinajstić information content (AvgIpc) is 2.41. The Morgan fingerprint density at radius 3 is 2.75 bits per heavy atom. The zero-order chi connectivity index (χ0) is 14.5. The first-order chi connectivity index (χ1) is 9.60. The summed E-state index contributed by atoms with van der Waals surface area (Å²) in [6.07, 6.45) is 2.14. The lowest BCUT2D eigenvalue weighted by atomic mass is 10.2. The second-order valence-corrected chi connectivity index (χ2v) is 4.76. The first kappa shape index (κ1) is 14.6. The topological polar surface area (TPSA) is 70.1 Å². The van der Waals surface area contributed by atoms with Gasteiger partial charge in [0.2, 0.25) is 5.95 Å². The Hall–Kier alpha value is -1.85. The molecule has 5 nitrogen and oxygen atoms in total. The molecule has 1 aromatic heterocycles. The molecule has 0 atom stereocenters. The zero-order valence-electron chi connectivity index (χ0n) is 10.7. The standard InChI is InChI=1S/C13H12Cl2N4O/c1-2-8-6-12(20)18-13(17-8)19-16-7-9-10(14)4-3-5-11(9)15/h3-7H,2H2,1H3,(H2,17,18,19,20)/b16-7-. The molecule has 0 saturated carbocycles. The highest BCUT2D eigenvalue weighted by atomic mass is 35.5. The van der Waals surface area contributed by atoms with Crippen LogP contribution in [0.5, 0.6) is 0 Å². The van der Waals surface area contributed by atoms with E-state index in [9.17, 15) is 4.79 Å². The molecular formula is C13H12Cl2N4O. The van der Waals surface area contributed by atoms with Crippen molar-refractivity contribution in [2.45, 2.75) is 13.3 Å². The molecule has 0 aliphatic heterocycles. The van der Waals surface area contributed by atoms with Crippen molar-refractivity contribution in [1.29, 1.82) is 0 Å². The normalized spacial score (nSPS) is 10.9. The molecule has 0 aliphatic carbocycles. The fourth-order valence-corrected chi connectivity index (χ4v) is 2.03. The minimum Gasteiger partial charge on any atom is -0.291 e. The van der Waals surface area contributed by atoms with Crippen molar-refractivity contribution in [3.8, 4) is 0 Å². The number of nitrogens with one attached hydrogen (secondary N) is 2. The number of hydrazone groups is 1. The van der Waals surface area contributed by atoms with Crippen molar-refractivity contribution >= 4 is 35.4 Å². The molecular weight excluding hydrogens is 299 g/mol. The molecule has 0 saturated heterocycles. The van der Waals surface area contributed by atoms with Gasteiger partial charge in [0.05, 0.1) is 16.3 Å². The van der Waals surface area contributed by atoms with Gasteiger partial charge in [0.1, 0.15) is 0 Å². The number of benzene rings is 1. The SMILES string of the molecule is CCc1cc(=O)[nH]c(N/N=C\c2c(Cl)cccc2Cl)n1. The van der Waals surface area contributed by atoms with Crippen molar-refractivity contribution in [2.24, 2.45) is 5.10 Å². The summed E-state index contributed by atoms with van der Waals surface area (Å²) in [6.45, 7) is 1.92. The summed E-state index contributed by atoms with van der Waals surface area (Å²) in [5.74, 6) is 0.272. The highest BCUT2D eigenvalue weighted by Gasteiger charge is 2.02. The van der Waals surface area contributed by atoms with Gasteiger partial charge in [-0.1, -0.05) is 36.2 Å². The molecule has 1 aromatic carbocycles. The van der Waals surface area contributed by atoms with Crippen LogP contribution in [0.15, 0.2) is 34.2 Å².